The number of carbonyl (C=O) groups excluding carboxylic acids is 2. The number of aryl methyl sites for hydroxylation is 1. The van der Waals surface area contributed by atoms with Crippen LogP contribution in [0.2, 0.25) is 0 Å². The number of aliphatic hydroxyl groups is 2. The van der Waals surface area contributed by atoms with Crippen LogP contribution in [0.5, 0.6) is 0 Å². The third-order valence-corrected chi connectivity index (χ3v) is 10.8. The molecule has 45 heavy (non-hydrogen) atoms. The maximum atomic E-state index is 13.7. The highest BCUT2D eigenvalue weighted by Crippen LogP contribution is 2.38. The Hall–Kier alpha value is -2.96. The van der Waals surface area contributed by atoms with E-state index in [1.807, 2.05) is 18.2 Å². The summed E-state index contributed by atoms with van der Waals surface area (Å²) in [5.41, 5.74) is 4.68. The van der Waals surface area contributed by atoms with E-state index in [2.05, 4.69) is 47.7 Å². The van der Waals surface area contributed by atoms with Crippen LogP contribution in [-0.4, -0.2) is 87.9 Å². The first-order valence-electron chi connectivity index (χ1n) is 16.3. The number of hydrogen-bond donors (Lipinski definition) is 5. The number of aliphatic hydroxyl groups excluding tert-OH is 2. The number of amides is 2. The van der Waals surface area contributed by atoms with Crippen LogP contribution in [0.3, 0.4) is 0 Å². The average Bonchev–Trinajstić information content (AvgIpc) is 3.63. The first-order valence-corrected chi connectivity index (χ1v) is 17.2. The van der Waals surface area contributed by atoms with E-state index in [1.54, 1.807) is 6.07 Å². The first kappa shape index (κ1) is 32.0. The van der Waals surface area contributed by atoms with Crippen molar-refractivity contribution in [2.75, 3.05) is 32.7 Å². The molecule has 2 fully saturated rings. The van der Waals surface area contributed by atoms with Gasteiger partial charge in [-0.25, -0.2) is 9.97 Å². The van der Waals surface area contributed by atoms with Gasteiger partial charge in [-0.15, -0.1) is 0 Å². The van der Waals surface area contributed by atoms with Crippen LogP contribution in [-0.2, 0) is 12.8 Å². The van der Waals surface area contributed by atoms with Gasteiger partial charge in [0, 0.05) is 44.0 Å². The van der Waals surface area contributed by atoms with Crippen molar-refractivity contribution in [1.29, 1.82) is 0 Å². The lowest BCUT2D eigenvalue weighted by Gasteiger charge is -2.34. The van der Waals surface area contributed by atoms with E-state index in [-0.39, 0.29) is 35.4 Å². The van der Waals surface area contributed by atoms with Gasteiger partial charge in [-0.2, -0.15) is 0 Å². The van der Waals surface area contributed by atoms with E-state index < -0.39 is 6.10 Å². The predicted octanol–water partition coefficient (Wildman–Crippen LogP) is 3.22. The van der Waals surface area contributed by atoms with Gasteiger partial charge < -0.3 is 31.1 Å². The van der Waals surface area contributed by atoms with Crippen molar-refractivity contribution in [2.45, 2.75) is 83.6 Å². The molecule has 2 aliphatic heterocycles. The van der Waals surface area contributed by atoms with Gasteiger partial charge in [0.25, 0.3) is 11.8 Å². The standard InChI is InChI=1S/C34H46N6O4S/c1-34(2,3)23-7-8-25-22(16-23)17-27-32(38-25)45-33(39-27)31(44)36-26(11-14-40-12-9-24(41)10-13-40)20-5-4-6-21(15-20)30(43)37-28-18-35-19-29(28)42/h4-6,15,17,23-24,26,28-29,35,41-42H,7-14,16,18-19H2,1-3H3,(H,36,44)(H,37,43)/t23-,26+,28+,29+/m0/s1. The summed E-state index contributed by atoms with van der Waals surface area (Å²) >= 11 is 1.33. The van der Waals surface area contributed by atoms with Crippen molar-refractivity contribution >= 4 is 33.5 Å². The van der Waals surface area contributed by atoms with Crippen LogP contribution >= 0.6 is 11.3 Å². The highest BCUT2D eigenvalue weighted by molar-refractivity contribution is 7.19. The Morgan fingerprint density at radius 1 is 1.09 bits per heavy atom. The maximum Gasteiger partial charge on any atom is 0.280 e. The van der Waals surface area contributed by atoms with Crippen molar-refractivity contribution in [3.05, 3.63) is 57.7 Å². The Labute approximate surface area is 269 Å². The highest BCUT2D eigenvalue weighted by atomic mass is 32.1. The van der Waals surface area contributed by atoms with Crippen LogP contribution in [0.4, 0.5) is 0 Å². The predicted molar refractivity (Wildman–Crippen MR) is 175 cm³/mol. The molecular weight excluding hydrogens is 588 g/mol. The number of thiazole rings is 1. The summed E-state index contributed by atoms with van der Waals surface area (Å²) in [7, 11) is 0. The third-order valence-electron chi connectivity index (χ3n) is 9.81. The summed E-state index contributed by atoms with van der Waals surface area (Å²) < 4.78 is 0. The number of nitrogens with one attached hydrogen (secondary N) is 3. The molecule has 6 rings (SSSR count). The topological polar surface area (TPSA) is 140 Å². The third kappa shape index (κ3) is 7.55. The normalized spacial score (nSPS) is 23.5. The molecule has 242 valence electrons. The summed E-state index contributed by atoms with van der Waals surface area (Å²) in [5.74, 6) is 0.0829. The second-order valence-electron chi connectivity index (χ2n) is 14.1. The summed E-state index contributed by atoms with van der Waals surface area (Å²) in [4.78, 5) is 39.6. The second kappa shape index (κ2) is 13.4. The minimum Gasteiger partial charge on any atom is -0.393 e. The minimum absolute atomic E-state index is 0.232. The van der Waals surface area contributed by atoms with E-state index in [4.69, 9.17) is 9.97 Å². The van der Waals surface area contributed by atoms with Crippen molar-refractivity contribution in [2.24, 2.45) is 11.3 Å². The van der Waals surface area contributed by atoms with E-state index >= 15 is 0 Å². The molecule has 4 atom stereocenters. The molecule has 0 unspecified atom stereocenters. The van der Waals surface area contributed by atoms with Crippen molar-refractivity contribution in [1.82, 2.24) is 30.8 Å². The van der Waals surface area contributed by atoms with Gasteiger partial charge >= 0.3 is 0 Å². The number of β-amino-alcohol motifs (C(OH)–C–C–N with tert-alkyl or cyclic N) is 1. The van der Waals surface area contributed by atoms with Gasteiger partial charge in [-0.1, -0.05) is 44.2 Å². The number of aromatic nitrogens is 2. The molecule has 0 bridgehead atoms. The number of nitrogens with zero attached hydrogens (tertiary/aromatic N) is 3. The fourth-order valence-electron chi connectivity index (χ4n) is 6.81. The number of rotatable bonds is 8. The first-order chi connectivity index (χ1) is 21.5. The Balaban J connectivity index is 1.21. The van der Waals surface area contributed by atoms with Crippen LogP contribution < -0.4 is 16.0 Å². The molecule has 1 aliphatic carbocycles. The molecule has 10 nitrogen and oxygen atoms in total. The van der Waals surface area contributed by atoms with Gasteiger partial charge in [0.2, 0.25) is 0 Å². The van der Waals surface area contributed by atoms with Gasteiger partial charge in [-0.05, 0) is 79.2 Å². The van der Waals surface area contributed by atoms with Crippen LogP contribution in [0.15, 0.2) is 30.3 Å². The zero-order valence-corrected chi connectivity index (χ0v) is 27.3. The SMILES string of the molecule is CC(C)(C)[C@H]1CCc2nc3sc(C(=O)N[C@H](CCN4CCC(O)CC4)c4cccc(C(=O)N[C@@H]5CNC[C@H]5O)c4)nc3cc2C1. The summed E-state index contributed by atoms with van der Waals surface area (Å²) in [6, 6.07) is 8.79. The number of benzene rings is 1. The van der Waals surface area contributed by atoms with Gasteiger partial charge in [0.05, 0.1) is 24.3 Å². The number of likely N-dealkylation sites (tertiary alicyclic amines) is 1. The number of pyridine rings is 1. The number of fused-ring (bicyclic) bond motifs is 2. The van der Waals surface area contributed by atoms with Crippen LogP contribution in [0.25, 0.3) is 10.3 Å². The van der Waals surface area contributed by atoms with Crippen LogP contribution in [0.1, 0.15) is 89.5 Å². The molecule has 0 saturated carbocycles. The quantitative estimate of drug-likeness (QED) is 0.255. The number of piperidine rings is 1. The Kier molecular flexibility index (Phi) is 9.54. The molecule has 3 aliphatic rings. The molecule has 4 heterocycles. The highest BCUT2D eigenvalue weighted by Gasteiger charge is 2.31. The fourth-order valence-corrected chi connectivity index (χ4v) is 7.65. The fraction of sp³-hybridized carbons (Fsp3) is 0.588. The molecular formula is C34H46N6O4S. The monoisotopic (exact) mass is 634 g/mol. The van der Waals surface area contributed by atoms with E-state index in [0.717, 1.165) is 73.3 Å². The summed E-state index contributed by atoms with van der Waals surface area (Å²) in [6.07, 6.45) is 4.30. The summed E-state index contributed by atoms with van der Waals surface area (Å²) in [6.45, 7) is 10.2. The van der Waals surface area contributed by atoms with Crippen molar-refractivity contribution in [3.8, 4) is 0 Å². The molecule has 0 radical (unpaired) electrons. The molecule has 5 N–H and O–H groups in total. The average molecular weight is 635 g/mol. The van der Waals surface area contributed by atoms with Crippen molar-refractivity contribution < 1.29 is 19.8 Å². The molecule has 3 aromatic rings. The lowest BCUT2D eigenvalue weighted by Crippen LogP contribution is -2.42. The Morgan fingerprint density at radius 3 is 2.62 bits per heavy atom. The van der Waals surface area contributed by atoms with Gasteiger partial charge in [-0.3, -0.25) is 9.59 Å². The molecule has 2 amide bonds. The van der Waals surface area contributed by atoms with Crippen LogP contribution in [0, 0.1) is 11.3 Å². The van der Waals surface area contributed by atoms with E-state index in [1.165, 1.54) is 16.9 Å². The van der Waals surface area contributed by atoms with Crippen molar-refractivity contribution in [3.63, 3.8) is 0 Å². The lowest BCUT2D eigenvalue weighted by molar-refractivity contribution is 0.0795. The largest absolute Gasteiger partial charge is 0.393 e. The maximum absolute atomic E-state index is 13.7. The zero-order chi connectivity index (χ0) is 31.7. The molecule has 0 spiro atoms. The second-order valence-corrected chi connectivity index (χ2v) is 15.0. The zero-order valence-electron chi connectivity index (χ0n) is 26.5. The Morgan fingerprint density at radius 2 is 1.89 bits per heavy atom. The lowest BCUT2D eigenvalue weighted by atomic mass is 9.71. The van der Waals surface area contributed by atoms with Gasteiger partial charge in [0.15, 0.2) is 5.01 Å². The summed E-state index contributed by atoms with van der Waals surface area (Å²) in [5, 5.41) is 29.7. The number of carbonyl (C=O) groups is 2. The molecule has 2 saturated heterocycles. The molecule has 1 aromatic carbocycles. The minimum atomic E-state index is -0.624. The smallest absolute Gasteiger partial charge is 0.280 e. The molecule has 11 heteroatoms. The molecule has 2 aromatic heterocycles. The Bertz CT molecular complexity index is 1530. The van der Waals surface area contributed by atoms with E-state index in [0.29, 0.717) is 36.0 Å². The number of hydrogen-bond acceptors (Lipinski definition) is 9. The van der Waals surface area contributed by atoms with E-state index in [9.17, 15) is 19.8 Å². The van der Waals surface area contributed by atoms with Gasteiger partial charge in [0.1, 0.15) is 10.3 Å².